The number of carbonyl (C=O) groups excluding carboxylic acids is 1. The highest BCUT2D eigenvalue weighted by Gasteiger charge is 2.29. The largest absolute Gasteiger partial charge is 0.324 e. The Morgan fingerprint density at radius 1 is 1.17 bits per heavy atom. The number of halogens is 1. The lowest BCUT2D eigenvalue weighted by Crippen LogP contribution is -2.45. The van der Waals surface area contributed by atoms with E-state index in [1.807, 2.05) is 19.1 Å². The van der Waals surface area contributed by atoms with Gasteiger partial charge in [-0.05, 0) is 43.7 Å². The highest BCUT2D eigenvalue weighted by atomic mass is 32.2. The van der Waals surface area contributed by atoms with E-state index >= 15 is 0 Å². The molecule has 128 valence electrons. The quantitative estimate of drug-likeness (QED) is 0.902. The van der Waals surface area contributed by atoms with Gasteiger partial charge in [-0.15, -0.1) is 0 Å². The van der Waals surface area contributed by atoms with E-state index in [4.69, 9.17) is 0 Å². The van der Waals surface area contributed by atoms with E-state index in [1.165, 1.54) is 25.1 Å². The number of para-hydroxylation sites is 1. The molecular weight excluding hydrogens is 331 g/mol. The summed E-state index contributed by atoms with van der Waals surface area (Å²) in [7, 11) is -3.78. The first-order valence-corrected chi connectivity index (χ1v) is 9.16. The number of benzene rings is 2. The minimum atomic E-state index is -3.78. The summed E-state index contributed by atoms with van der Waals surface area (Å²) in [5, 5.41) is 2.71. The molecule has 0 radical (unpaired) electrons. The Kier molecular flexibility index (Phi) is 5.23. The summed E-state index contributed by atoms with van der Waals surface area (Å²) in [6.45, 7) is 3.29. The molecule has 0 aliphatic heterocycles. The average molecular weight is 350 g/mol. The van der Waals surface area contributed by atoms with Gasteiger partial charge in [0.05, 0.1) is 11.9 Å². The molecule has 1 atom stereocenters. The highest BCUT2D eigenvalue weighted by Crippen LogP contribution is 2.23. The number of nitrogens with zero attached hydrogens (tertiary/aromatic N) is 1. The smallest absolute Gasteiger partial charge is 0.248 e. The Bertz CT molecular complexity index is 852. The number of sulfonamides is 1. The second kappa shape index (κ2) is 7.00. The van der Waals surface area contributed by atoms with Gasteiger partial charge in [0.2, 0.25) is 15.9 Å². The molecule has 0 aromatic heterocycles. The van der Waals surface area contributed by atoms with Crippen LogP contribution in [0.4, 0.5) is 15.8 Å². The molecule has 24 heavy (non-hydrogen) atoms. The third kappa shape index (κ3) is 4.11. The lowest BCUT2D eigenvalue weighted by atomic mass is 10.2. The topological polar surface area (TPSA) is 66.5 Å². The lowest BCUT2D eigenvalue weighted by Gasteiger charge is -2.28. The summed E-state index contributed by atoms with van der Waals surface area (Å²) < 4.78 is 38.6. The molecule has 0 saturated heterocycles. The average Bonchev–Trinajstić information content (AvgIpc) is 2.48. The second-order valence-electron chi connectivity index (χ2n) is 5.52. The number of anilines is 2. The molecule has 0 fully saturated rings. The van der Waals surface area contributed by atoms with Gasteiger partial charge in [-0.25, -0.2) is 12.8 Å². The van der Waals surface area contributed by atoms with Crippen LogP contribution in [-0.4, -0.2) is 26.6 Å². The summed E-state index contributed by atoms with van der Waals surface area (Å²) in [5.74, 6) is -1.08. The first kappa shape index (κ1) is 17.9. The fourth-order valence-electron chi connectivity index (χ4n) is 2.37. The summed E-state index contributed by atoms with van der Waals surface area (Å²) in [6, 6.07) is 11.3. The first-order valence-electron chi connectivity index (χ1n) is 7.31. The highest BCUT2D eigenvalue weighted by molar-refractivity contribution is 7.92. The van der Waals surface area contributed by atoms with E-state index in [9.17, 15) is 17.6 Å². The van der Waals surface area contributed by atoms with Gasteiger partial charge in [0.25, 0.3) is 0 Å². The van der Waals surface area contributed by atoms with Crippen molar-refractivity contribution in [2.75, 3.05) is 15.9 Å². The van der Waals surface area contributed by atoms with Crippen LogP contribution in [0.5, 0.6) is 0 Å². The Morgan fingerprint density at radius 2 is 1.83 bits per heavy atom. The van der Waals surface area contributed by atoms with Crippen molar-refractivity contribution in [2.45, 2.75) is 19.9 Å². The monoisotopic (exact) mass is 350 g/mol. The molecule has 0 bridgehead atoms. The van der Waals surface area contributed by atoms with Crippen LogP contribution in [0.3, 0.4) is 0 Å². The maximum atomic E-state index is 13.5. The fraction of sp³-hybridized carbons (Fsp3) is 0.235. The number of aryl methyl sites for hydroxylation is 1. The van der Waals surface area contributed by atoms with Gasteiger partial charge in [-0.2, -0.15) is 0 Å². The van der Waals surface area contributed by atoms with Crippen molar-refractivity contribution in [3.8, 4) is 0 Å². The molecule has 1 N–H and O–H groups in total. The van der Waals surface area contributed by atoms with Gasteiger partial charge in [0.15, 0.2) is 0 Å². The van der Waals surface area contributed by atoms with Gasteiger partial charge < -0.3 is 5.32 Å². The molecular formula is C17H19FN2O3S. The molecule has 2 aromatic carbocycles. The zero-order valence-electron chi connectivity index (χ0n) is 13.7. The lowest BCUT2D eigenvalue weighted by molar-refractivity contribution is -0.116. The molecule has 5 nitrogen and oxygen atoms in total. The minimum absolute atomic E-state index is 0.102. The van der Waals surface area contributed by atoms with Crippen LogP contribution in [0, 0.1) is 12.7 Å². The van der Waals surface area contributed by atoms with Crippen molar-refractivity contribution in [1.82, 2.24) is 0 Å². The van der Waals surface area contributed by atoms with Crippen molar-refractivity contribution >= 4 is 27.3 Å². The van der Waals surface area contributed by atoms with Crippen LogP contribution >= 0.6 is 0 Å². The van der Waals surface area contributed by atoms with E-state index in [1.54, 1.807) is 12.1 Å². The van der Waals surface area contributed by atoms with Crippen molar-refractivity contribution < 1.29 is 17.6 Å². The van der Waals surface area contributed by atoms with Gasteiger partial charge in [-0.3, -0.25) is 9.10 Å². The molecule has 2 aromatic rings. The maximum Gasteiger partial charge on any atom is 0.248 e. The van der Waals surface area contributed by atoms with Gasteiger partial charge in [0.1, 0.15) is 11.9 Å². The Balaban J connectivity index is 2.33. The molecule has 2 rings (SSSR count). The van der Waals surface area contributed by atoms with Crippen LogP contribution in [-0.2, 0) is 14.8 Å². The number of hydrogen-bond acceptors (Lipinski definition) is 3. The van der Waals surface area contributed by atoms with Crippen LogP contribution in [0.1, 0.15) is 12.5 Å². The van der Waals surface area contributed by atoms with Crippen molar-refractivity contribution in [1.29, 1.82) is 0 Å². The summed E-state index contributed by atoms with van der Waals surface area (Å²) in [6.07, 6.45) is 0.982. The number of carbonyl (C=O) groups is 1. The zero-order chi connectivity index (χ0) is 17.9. The van der Waals surface area contributed by atoms with E-state index in [2.05, 4.69) is 5.32 Å². The summed E-state index contributed by atoms with van der Waals surface area (Å²) in [4.78, 5) is 12.5. The summed E-state index contributed by atoms with van der Waals surface area (Å²) >= 11 is 0. The van der Waals surface area contributed by atoms with Crippen LogP contribution < -0.4 is 9.62 Å². The molecule has 0 saturated carbocycles. The fourth-order valence-corrected chi connectivity index (χ4v) is 3.54. The predicted molar refractivity (Wildman–Crippen MR) is 93.0 cm³/mol. The maximum absolute atomic E-state index is 13.5. The number of hydrogen-bond donors (Lipinski definition) is 1. The molecule has 0 spiro atoms. The van der Waals surface area contributed by atoms with Crippen molar-refractivity contribution in [2.24, 2.45) is 0 Å². The van der Waals surface area contributed by atoms with Crippen LogP contribution in [0.25, 0.3) is 0 Å². The van der Waals surface area contributed by atoms with Crippen molar-refractivity contribution in [3.63, 3.8) is 0 Å². The normalized spacial score (nSPS) is 12.5. The molecule has 1 amide bonds. The van der Waals surface area contributed by atoms with Crippen LogP contribution in [0.15, 0.2) is 48.5 Å². The number of amides is 1. The summed E-state index contributed by atoms with van der Waals surface area (Å²) in [5.41, 5.74) is 1.56. The van der Waals surface area contributed by atoms with E-state index in [-0.39, 0.29) is 5.69 Å². The van der Waals surface area contributed by atoms with Gasteiger partial charge >= 0.3 is 0 Å². The van der Waals surface area contributed by atoms with E-state index < -0.39 is 27.8 Å². The predicted octanol–water partition coefficient (Wildman–Crippen LogP) is 2.93. The Labute approximate surface area is 141 Å². The first-order chi connectivity index (χ1) is 11.2. The van der Waals surface area contributed by atoms with E-state index in [0.717, 1.165) is 22.2 Å². The molecule has 0 aliphatic rings. The molecule has 0 aliphatic carbocycles. The zero-order valence-corrected chi connectivity index (χ0v) is 14.5. The van der Waals surface area contributed by atoms with Crippen LogP contribution in [0.2, 0.25) is 0 Å². The SMILES string of the molecule is Cc1ccccc1NC(=O)C(C)N(c1cccc(F)c1)S(C)(=O)=O. The Morgan fingerprint density at radius 3 is 2.42 bits per heavy atom. The van der Waals surface area contributed by atoms with Gasteiger partial charge in [0, 0.05) is 5.69 Å². The minimum Gasteiger partial charge on any atom is -0.324 e. The van der Waals surface area contributed by atoms with E-state index in [0.29, 0.717) is 5.69 Å². The van der Waals surface area contributed by atoms with Crippen molar-refractivity contribution in [3.05, 3.63) is 59.9 Å². The second-order valence-corrected chi connectivity index (χ2v) is 7.38. The third-order valence-electron chi connectivity index (χ3n) is 3.55. The third-order valence-corrected chi connectivity index (χ3v) is 4.80. The van der Waals surface area contributed by atoms with Gasteiger partial charge in [-0.1, -0.05) is 24.3 Å². The number of nitrogens with one attached hydrogen (secondary N) is 1. The molecule has 1 unspecified atom stereocenters. The standard InChI is InChI=1S/C17H19FN2O3S/c1-12-7-4-5-10-16(12)19-17(21)13(2)20(24(3,22)23)15-9-6-8-14(18)11-15/h4-11,13H,1-3H3,(H,19,21). The molecule has 0 heterocycles. The Hall–Kier alpha value is -2.41. The molecule has 7 heteroatoms. The number of rotatable bonds is 5.